The maximum atomic E-state index is 8.83. The second-order valence-electron chi connectivity index (χ2n) is 4.42. The molecule has 0 aliphatic heterocycles. The van der Waals surface area contributed by atoms with Gasteiger partial charge in [-0.2, -0.15) is 5.26 Å². The van der Waals surface area contributed by atoms with Crippen molar-refractivity contribution in [3.8, 4) is 6.07 Å². The number of hydrogen-bond acceptors (Lipinski definition) is 3. The van der Waals surface area contributed by atoms with E-state index in [4.69, 9.17) is 5.26 Å². The lowest BCUT2D eigenvalue weighted by atomic mass is 10.1. The predicted octanol–water partition coefficient (Wildman–Crippen LogP) is 3.52. The lowest BCUT2D eigenvalue weighted by molar-refractivity contribution is 0.919. The smallest absolute Gasteiger partial charge is 0.140 e. The van der Waals surface area contributed by atoms with Crippen LogP contribution in [-0.2, 0) is 13.0 Å². The van der Waals surface area contributed by atoms with Crippen LogP contribution in [0.2, 0.25) is 0 Å². The molecule has 0 aliphatic rings. The van der Waals surface area contributed by atoms with Crippen LogP contribution in [0.3, 0.4) is 0 Å². The highest BCUT2D eigenvalue weighted by molar-refractivity contribution is 5.51. The molecule has 1 aromatic heterocycles. The van der Waals surface area contributed by atoms with E-state index in [1.165, 1.54) is 11.3 Å². The fourth-order valence-corrected chi connectivity index (χ4v) is 2.02. The molecular weight excluding hydrogens is 234 g/mol. The van der Waals surface area contributed by atoms with Crippen molar-refractivity contribution in [2.24, 2.45) is 0 Å². The van der Waals surface area contributed by atoms with E-state index in [1.807, 2.05) is 18.2 Å². The SMILES string of the molecule is CCCc1ccccc1NCc1ccnc(C#N)c1. The van der Waals surface area contributed by atoms with Crippen LogP contribution in [0.1, 0.15) is 30.2 Å². The van der Waals surface area contributed by atoms with Gasteiger partial charge in [0.25, 0.3) is 0 Å². The number of rotatable bonds is 5. The van der Waals surface area contributed by atoms with E-state index in [1.54, 1.807) is 6.20 Å². The van der Waals surface area contributed by atoms with Gasteiger partial charge in [-0.15, -0.1) is 0 Å². The Bertz CT molecular complexity index is 585. The largest absolute Gasteiger partial charge is 0.381 e. The molecule has 0 amide bonds. The quantitative estimate of drug-likeness (QED) is 0.884. The number of nitrogens with zero attached hydrogens (tertiary/aromatic N) is 2. The first-order chi connectivity index (χ1) is 9.33. The average molecular weight is 251 g/mol. The number of benzene rings is 1. The molecule has 96 valence electrons. The van der Waals surface area contributed by atoms with Crippen LogP contribution in [0.5, 0.6) is 0 Å². The summed E-state index contributed by atoms with van der Waals surface area (Å²) in [5.41, 5.74) is 4.03. The van der Waals surface area contributed by atoms with Crippen LogP contribution in [0, 0.1) is 11.3 Å². The molecule has 0 bridgehead atoms. The number of aromatic nitrogens is 1. The Balaban J connectivity index is 2.08. The van der Waals surface area contributed by atoms with Crippen LogP contribution in [0.25, 0.3) is 0 Å². The van der Waals surface area contributed by atoms with Gasteiger partial charge in [-0.3, -0.25) is 0 Å². The van der Waals surface area contributed by atoms with Crippen molar-refractivity contribution < 1.29 is 0 Å². The van der Waals surface area contributed by atoms with Crippen molar-refractivity contribution >= 4 is 5.69 Å². The minimum atomic E-state index is 0.459. The number of nitrogens with one attached hydrogen (secondary N) is 1. The summed E-state index contributed by atoms with van der Waals surface area (Å²) in [5.74, 6) is 0. The van der Waals surface area contributed by atoms with E-state index in [9.17, 15) is 0 Å². The molecule has 0 fully saturated rings. The molecule has 0 saturated carbocycles. The van der Waals surface area contributed by atoms with Crippen molar-refractivity contribution in [1.29, 1.82) is 5.26 Å². The summed E-state index contributed by atoms with van der Waals surface area (Å²) in [5, 5.41) is 12.3. The highest BCUT2D eigenvalue weighted by Gasteiger charge is 2.01. The van der Waals surface area contributed by atoms with Crippen LogP contribution >= 0.6 is 0 Å². The highest BCUT2D eigenvalue weighted by Crippen LogP contribution is 2.17. The summed E-state index contributed by atoms with van der Waals surface area (Å²) in [7, 11) is 0. The maximum absolute atomic E-state index is 8.83. The van der Waals surface area contributed by atoms with Gasteiger partial charge in [-0.25, -0.2) is 4.98 Å². The van der Waals surface area contributed by atoms with Crippen LogP contribution < -0.4 is 5.32 Å². The molecule has 19 heavy (non-hydrogen) atoms. The van der Waals surface area contributed by atoms with Crippen LogP contribution in [-0.4, -0.2) is 4.98 Å². The van der Waals surface area contributed by atoms with Gasteiger partial charge >= 0.3 is 0 Å². The second kappa shape index (κ2) is 6.55. The summed E-state index contributed by atoms with van der Waals surface area (Å²) >= 11 is 0. The van der Waals surface area contributed by atoms with Crippen molar-refractivity contribution in [3.05, 3.63) is 59.4 Å². The summed E-state index contributed by atoms with van der Waals surface area (Å²) in [6.07, 6.45) is 3.88. The maximum Gasteiger partial charge on any atom is 0.140 e. The van der Waals surface area contributed by atoms with Gasteiger partial charge in [0.1, 0.15) is 11.8 Å². The number of para-hydroxylation sites is 1. The number of aryl methyl sites for hydroxylation is 1. The van der Waals surface area contributed by atoms with Crippen molar-refractivity contribution in [2.45, 2.75) is 26.3 Å². The molecular formula is C16H17N3. The zero-order chi connectivity index (χ0) is 13.5. The van der Waals surface area contributed by atoms with Crippen molar-refractivity contribution in [2.75, 3.05) is 5.32 Å². The highest BCUT2D eigenvalue weighted by atomic mass is 14.9. The van der Waals surface area contributed by atoms with Gasteiger partial charge in [0.15, 0.2) is 0 Å². The molecule has 1 heterocycles. The monoisotopic (exact) mass is 251 g/mol. The number of nitriles is 1. The molecule has 2 aromatic rings. The Morgan fingerprint density at radius 1 is 1.26 bits per heavy atom. The first kappa shape index (κ1) is 13.1. The molecule has 0 unspecified atom stereocenters. The minimum Gasteiger partial charge on any atom is -0.381 e. The third-order valence-corrected chi connectivity index (χ3v) is 2.96. The zero-order valence-corrected chi connectivity index (χ0v) is 11.1. The Morgan fingerprint density at radius 2 is 2.11 bits per heavy atom. The number of pyridine rings is 1. The van der Waals surface area contributed by atoms with E-state index in [2.05, 4.69) is 41.5 Å². The predicted molar refractivity (Wildman–Crippen MR) is 76.7 cm³/mol. The molecule has 3 heteroatoms. The van der Waals surface area contributed by atoms with Gasteiger partial charge in [-0.1, -0.05) is 31.5 Å². The number of anilines is 1. The summed E-state index contributed by atoms with van der Waals surface area (Å²) in [6, 6.07) is 14.1. The molecule has 0 saturated heterocycles. The molecule has 0 spiro atoms. The molecule has 0 atom stereocenters. The average Bonchev–Trinajstić information content (AvgIpc) is 2.47. The summed E-state index contributed by atoms with van der Waals surface area (Å²) in [4.78, 5) is 3.97. The third-order valence-electron chi connectivity index (χ3n) is 2.96. The fourth-order valence-electron chi connectivity index (χ4n) is 2.02. The van der Waals surface area contributed by atoms with Gasteiger partial charge in [-0.05, 0) is 35.7 Å². The topological polar surface area (TPSA) is 48.7 Å². The third kappa shape index (κ3) is 3.56. The van der Waals surface area contributed by atoms with E-state index in [0.29, 0.717) is 12.2 Å². The van der Waals surface area contributed by atoms with Crippen molar-refractivity contribution in [1.82, 2.24) is 4.98 Å². The summed E-state index contributed by atoms with van der Waals surface area (Å²) in [6.45, 7) is 2.89. The molecule has 2 rings (SSSR count). The molecule has 1 aromatic carbocycles. The van der Waals surface area contributed by atoms with Gasteiger partial charge in [0, 0.05) is 18.4 Å². The molecule has 0 aliphatic carbocycles. The van der Waals surface area contributed by atoms with Crippen LogP contribution in [0.4, 0.5) is 5.69 Å². The van der Waals surface area contributed by atoms with E-state index < -0.39 is 0 Å². The van der Waals surface area contributed by atoms with E-state index in [0.717, 1.165) is 18.4 Å². The van der Waals surface area contributed by atoms with Gasteiger partial charge < -0.3 is 5.32 Å². The first-order valence-electron chi connectivity index (χ1n) is 6.50. The first-order valence-corrected chi connectivity index (χ1v) is 6.50. The Morgan fingerprint density at radius 3 is 2.89 bits per heavy atom. The standard InChI is InChI=1S/C16H17N3/c1-2-5-14-6-3-4-7-16(14)19-12-13-8-9-18-15(10-13)11-17/h3-4,6-10,19H,2,5,12H2,1H3. The van der Waals surface area contributed by atoms with E-state index >= 15 is 0 Å². The lowest BCUT2D eigenvalue weighted by Gasteiger charge is -2.11. The zero-order valence-electron chi connectivity index (χ0n) is 11.1. The Labute approximate surface area is 113 Å². The number of hydrogen-bond donors (Lipinski definition) is 1. The normalized spacial score (nSPS) is 9.89. The molecule has 3 nitrogen and oxygen atoms in total. The summed E-state index contributed by atoms with van der Waals surface area (Å²) < 4.78 is 0. The van der Waals surface area contributed by atoms with Gasteiger partial charge in [0.2, 0.25) is 0 Å². The van der Waals surface area contributed by atoms with Gasteiger partial charge in [0.05, 0.1) is 0 Å². The fraction of sp³-hybridized carbons (Fsp3) is 0.250. The van der Waals surface area contributed by atoms with E-state index in [-0.39, 0.29) is 0 Å². The lowest BCUT2D eigenvalue weighted by Crippen LogP contribution is -2.03. The minimum absolute atomic E-state index is 0.459. The molecule has 1 N–H and O–H groups in total. The van der Waals surface area contributed by atoms with Crippen LogP contribution in [0.15, 0.2) is 42.6 Å². The van der Waals surface area contributed by atoms with Crippen molar-refractivity contribution in [3.63, 3.8) is 0 Å². The molecule has 0 radical (unpaired) electrons. The second-order valence-corrected chi connectivity index (χ2v) is 4.42. The Kier molecular flexibility index (Phi) is 4.52. The Hall–Kier alpha value is -2.34.